The quantitative estimate of drug-likeness (QED) is 0.774. The van der Waals surface area contributed by atoms with Crippen LogP contribution in [0.2, 0.25) is 0 Å². The molecule has 19 heavy (non-hydrogen) atoms. The molecule has 0 amide bonds. The normalized spacial score (nSPS) is 23.0. The van der Waals surface area contributed by atoms with Crippen LogP contribution < -0.4 is 0 Å². The van der Waals surface area contributed by atoms with Crippen LogP contribution in [0.3, 0.4) is 0 Å². The Labute approximate surface area is 111 Å². The topological polar surface area (TPSA) is 86.5 Å². The van der Waals surface area contributed by atoms with Gasteiger partial charge in [-0.2, -0.15) is 5.26 Å². The molecule has 1 aliphatic heterocycles. The predicted octanol–water partition coefficient (Wildman–Crippen LogP) is 0.0615. The van der Waals surface area contributed by atoms with E-state index in [4.69, 9.17) is 10.00 Å². The van der Waals surface area contributed by atoms with Crippen molar-refractivity contribution in [1.82, 2.24) is 9.88 Å². The first-order valence-electron chi connectivity index (χ1n) is 5.99. The number of pyridine rings is 1. The van der Waals surface area contributed by atoms with Gasteiger partial charge in [-0.1, -0.05) is 0 Å². The fourth-order valence-electron chi connectivity index (χ4n) is 2.30. The number of hydrogen-bond acceptors (Lipinski definition) is 6. The summed E-state index contributed by atoms with van der Waals surface area (Å²) in [7, 11) is 1.34. The third kappa shape index (κ3) is 3.08. The summed E-state index contributed by atoms with van der Waals surface area (Å²) in [6, 6.07) is 5.01. The molecule has 6 nitrogen and oxygen atoms in total. The van der Waals surface area contributed by atoms with Crippen molar-refractivity contribution in [2.24, 2.45) is 0 Å². The first-order chi connectivity index (χ1) is 9.13. The number of nitriles is 1. The summed E-state index contributed by atoms with van der Waals surface area (Å²) in [6.45, 7) is 0.901. The fourth-order valence-corrected chi connectivity index (χ4v) is 2.30. The Hall–Kier alpha value is -1.97. The summed E-state index contributed by atoms with van der Waals surface area (Å²) < 4.78 is 4.74. The van der Waals surface area contributed by atoms with Gasteiger partial charge in [-0.05, 0) is 17.7 Å². The van der Waals surface area contributed by atoms with Crippen molar-refractivity contribution >= 4 is 5.97 Å². The average Bonchev–Trinajstić information content (AvgIpc) is 2.79. The van der Waals surface area contributed by atoms with Gasteiger partial charge in [0.05, 0.1) is 13.2 Å². The van der Waals surface area contributed by atoms with Gasteiger partial charge in [0.1, 0.15) is 17.8 Å². The number of methoxy groups -OCH3 is 1. The molecule has 2 heterocycles. The monoisotopic (exact) mass is 261 g/mol. The smallest absolute Gasteiger partial charge is 0.323 e. The lowest BCUT2D eigenvalue weighted by molar-refractivity contribution is -0.146. The minimum atomic E-state index is -0.527. The molecule has 1 aliphatic rings. The van der Waals surface area contributed by atoms with Crippen LogP contribution in [0.5, 0.6) is 0 Å². The Bertz CT molecular complexity index is 512. The molecule has 2 unspecified atom stereocenters. The van der Waals surface area contributed by atoms with Crippen molar-refractivity contribution in [3.8, 4) is 6.07 Å². The fraction of sp³-hybridized carbons (Fsp3) is 0.462. The second-order valence-electron chi connectivity index (χ2n) is 4.52. The molecule has 1 fully saturated rings. The van der Waals surface area contributed by atoms with Crippen molar-refractivity contribution in [3.63, 3.8) is 0 Å². The predicted molar refractivity (Wildman–Crippen MR) is 65.8 cm³/mol. The summed E-state index contributed by atoms with van der Waals surface area (Å²) >= 11 is 0. The second kappa shape index (κ2) is 5.78. The summed E-state index contributed by atoms with van der Waals surface area (Å²) in [5, 5.41) is 18.5. The van der Waals surface area contributed by atoms with E-state index in [-0.39, 0.29) is 5.97 Å². The number of carbonyl (C=O) groups excluding carboxylic acids is 1. The maximum absolute atomic E-state index is 11.6. The number of carbonyl (C=O) groups is 1. The van der Waals surface area contributed by atoms with Crippen molar-refractivity contribution < 1.29 is 14.6 Å². The van der Waals surface area contributed by atoms with Crippen molar-refractivity contribution in [2.45, 2.75) is 25.1 Å². The summed E-state index contributed by atoms with van der Waals surface area (Å²) in [6.07, 6.45) is 1.41. The van der Waals surface area contributed by atoms with Crippen molar-refractivity contribution in [1.29, 1.82) is 5.26 Å². The van der Waals surface area contributed by atoms with E-state index in [9.17, 15) is 9.90 Å². The van der Waals surface area contributed by atoms with Gasteiger partial charge in [0.15, 0.2) is 0 Å². The third-order valence-corrected chi connectivity index (χ3v) is 3.18. The van der Waals surface area contributed by atoms with Crippen LogP contribution in [0.15, 0.2) is 18.3 Å². The van der Waals surface area contributed by atoms with E-state index in [1.54, 1.807) is 18.3 Å². The molecule has 1 saturated heterocycles. The number of rotatable bonds is 3. The molecule has 2 atom stereocenters. The number of aromatic nitrogens is 1. The van der Waals surface area contributed by atoms with Crippen molar-refractivity contribution in [2.75, 3.05) is 13.7 Å². The highest BCUT2D eigenvalue weighted by molar-refractivity contribution is 5.76. The molecule has 0 spiro atoms. The molecule has 0 aromatic carbocycles. The Morgan fingerprint density at radius 1 is 1.74 bits per heavy atom. The maximum atomic E-state index is 11.6. The number of hydrogen-bond donors (Lipinski definition) is 1. The molecule has 2 rings (SSSR count). The number of ether oxygens (including phenoxy) is 1. The molecule has 0 radical (unpaired) electrons. The number of esters is 1. The van der Waals surface area contributed by atoms with Crippen LogP contribution in [0.4, 0.5) is 0 Å². The van der Waals surface area contributed by atoms with Crippen LogP contribution in [-0.2, 0) is 16.1 Å². The van der Waals surface area contributed by atoms with Crippen LogP contribution >= 0.6 is 0 Å². The number of β-amino-alcohol motifs (C(OH)–C–C–N with tert-alkyl or cyclic N) is 1. The molecule has 1 N–H and O–H groups in total. The van der Waals surface area contributed by atoms with Gasteiger partial charge in [0.2, 0.25) is 0 Å². The van der Waals surface area contributed by atoms with Crippen LogP contribution in [0.1, 0.15) is 17.7 Å². The highest BCUT2D eigenvalue weighted by atomic mass is 16.5. The number of aliphatic hydroxyl groups excluding tert-OH is 1. The molecule has 1 aromatic rings. The summed E-state index contributed by atoms with van der Waals surface area (Å²) in [4.78, 5) is 17.4. The SMILES string of the molecule is COC(=O)C1CC(O)CN1Cc1ccnc(C#N)c1. The van der Waals surface area contributed by atoms with Crippen molar-refractivity contribution in [3.05, 3.63) is 29.6 Å². The average molecular weight is 261 g/mol. The van der Waals surface area contributed by atoms with Gasteiger partial charge in [0, 0.05) is 25.7 Å². The Morgan fingerprint density at radius 3 is 3.21 bits per heavy atom. The van der Waals surface area contributed by atoms with E-state index >= 15 is 0 Å². The third-order valence-electron chi connectivity index (χ3n) is 3.18. The zero-order valence-corrected chi connectivity index (χ0v) is 10.6. The van der Waals surface area contributed by atoms with Gasteiger partial charge in [-0.25, -0.2) is 4.98 Å². The lowest BCUT2D eigenvalue weighted by Crippen LogP contribution is -2.36. The second-order valence-corrected chi connectivity index (χ2v) is 4.52. The largest absolute Gasteiger partial charge is 0.468 e. The molecule has 0 aliphatic carbocycles. The molecule has 0 bridgehead atoms. The standard InChI is InChI=1S/C13H15N3O3/c1-19-13(18)12-5-11(17)8-16(12)7-9-2-3-15-10(4-9)6-14/h2-4,11-12,17H,5,7-8H2,1H3. The summed E-state index contributed by atoms with van der Waals surface area (Å²) in [5.41, 5.74) is 1.22. The van der Waals surface area contributed by atoms with Gasteiger partial charge in [-0.3, -0.25) is 9.69 Å². The van der Waals surface area contributed by atoms with Crippen LogP contribution in [-0.4, -0.2) is 46.8 Å². The van der Waals surface area contributed by atoms with Gasteiger partial charge in [0.25, 0.3) is 0 Å². The van der Waals surface area contributed by atoms with Gasteiger partial charge < -0.3 is 9.84 Å². The lowest BCUT2D eigenvalue weighted by atomic mass is 10.2. The number of nitrogens with zero attached hydrogens (tertiary/aromatic N) is 3. The van der Waals surface area contributed by atoms with E-state index in [1.165, 1.54) is 7.11 Å². The molecular formula is C13H15N3O3. The van der Waals surface area contributed by atoms with E-state index in [2.05, 4.69) is 4.98 Å². The molecular weight excluding hydrogens is 246 g/mol. The number of aliphatic hydroxyl groups is 1. The zero-order chi connectivity index (χ0) is 13.8. The van der Waals surface area contributed by atoms with Crippen LogP contribution in [0.25, 0.3) is 0 Å². The molecule has 0 saturated carbocycles. The number of likely N-dealkylation sites (tertiary alicyclic amines) is 1. The Balaban J connectivity index is 2.12. The molecule has 1 aromatic heterocycles. The zero-order valence-electron chi connectivity index (χ0n) is 10.6. The lowest BCUT2D eigenvalue weighted by Gasteiger charge is -2.21. The maximum Gasteiger partial charge on any atom is 0.323 e. The van der Waals surface area contributed by atoms with E-state index in [0.29, 0.717) is 25.2 Å². The molecule has 6 heteroatoms. The first-order valence-corrected chi connectivity index (χ1v) is 5.99. The van der Waals surface area contributed by atoms with Gasteiger partial charge in [-0.15, -0.1) is 0 Å². The molecule has 100 valence electrons. The first kappa shape index (κ1) is 13.5. The minimum absolute atomic E-state index is 0.340. The Morgan fingerprint density at radius 2 is 2.53 bits per heavy atom. The van der Waals surface area contributed by atoms with E-state index < -0.39 is 12.1 Å². The van der Waals surface area contributed by atoms with E-state index in [0.717, 1.165) is 5.56 Å². The van der Waals surface area contributed by atoms with E-state index in [1.807, 2.05) is 11.0 Å². The highest BCUT2D eigenvalue weighted by Crippen LogP contribution is 2.21. The van der Waals surface area contributed by atoms with Crippen LogP contribution in [0, 0.1) is 11.3 Å². The minimum Gasteiger partial charge on any atom is -0.468 e. The summed E-state index contributed by atoms with van der Waals surface area (Å²) in [5.74, 6) is -0.342. The van der Waals surface area contributed by atoms with Gasteiger partial charge >= 0.3 is 5.97 Å². The Kier molecular flexibility index (Phi) is 4.10. The highest BCUT2D eigenvalue weighted by Gasteiger charge is 2.36.